The highest BCUT2D eigenvalue weighted by Gasteiger charge is 2.32. The van der Waals surface area contributed by atoms with Crippen LogP contribution in [0.5, 0.6) is 0 Å². The van der Waals surface area contributed by atoms with Crippen molar-refractivity contribution in [1.82, 2.24) is 26.3 Å². The minimum absolute atomic E-state index is 0.171. The predicted octanol–water partition coefficient (Wildman–Crippen LogP) is 1.95. The van der Waals surface area contributed by atoms with Gasteiger partial charge in [0, 0.05) is 30.9 Å². The van der Waals surface area contributed by atoms with Gasteiger partial charge in [0.05, 0.1) is 6.04 Å². The molecule has 0 aliphatic heterocycles. The minimum Gasteiger partial charge on any atom is -0.345 e. The van der Waals surface area contributed by atoms with Crippen LogP contribution in [-0.4, -0.2) is 52.5 Å². The van der Waals surface area contributed by atoms with Gasteiger partial charge < -0.3 is 21.3 Å². The van der Waals surface area contributed by atoms with E-state index in [-0.39, 0.29) is 18.9 Å². The highest BCUT2D eigenvalue weighted by Crippen LogP contribution is 2.08. The van der Waals surface area contributed by atoms with Gasteiger partial charge in [0.15, 0.2) is 0 Å². The van der Waals surface area contributed by atoms with Gasteiger partial charge in [-0.25, -0.2) is 0 Å². The molecule has 10 nitrogen and oxygen atoms in total. The lowest BCUT2D eigenvalue weighted by Gasteiger charge is -2.25. The smallest absolute Gasteiger partial charge is 0.289 e. The number of hydrogen-bond donors (Lipinski definition) is 4. The van der Waals surface area contributed by atoms with Gasteiger partial charge in [-0.2, -0.15) is 0 Å². The molecule has 0 radical (unpaired) electrons. The number of nitrogens with one attached hydrogen (secondary N) is 4. The van der Waals surface area contributed by atoms with Crippen LogP contribution in [0.25, 0.3) is 0 Å². The van der Waals surface area contributed by atoms with Crippen molar-refractivity contribution in [2.45, 2.75) is 51.9 Å². The van der Waals surface area contributed by atoms with Gasteiger partial charge in [-0.15, -0.1) is 0 Å². The maximum absolute atomic E-state index is 13.3. The molecule has 0 saturated heterocycles. The molecule has 4 amide bonds. The highest BCUT2D eigenvalue weighted by atomic mass is 16.2. The third-order valence-electron chi connectivity index (χ3n) is 6.37. The molecule has 0 aliphatic carbocycles. The molecule has 41 heavy (non-hydrogen) atoms. The van der Waals surface area contributed by atoms with Crippen LogP contribution in [0, 0.1) is 5.92 Å². The van der Waals surface area contributed by atoms with Crippen LogP contribution in [0.1, 0.15) is 42.3 Å². The molecule has 214 valence electrons. The second-order valence-electron chi connectivity index (χ2n) is 9.94. The Morgan fingerprint density at radius 3 is 1.88 bits per heavy atom. The first-order valence-corrected chi connectivity index (χ1v) is 13.4. The molecule has 3 rings (SSSR count). The molecular weight excluding hydrogens is 522 g/mol. The minimum atomic E-state index is -1.09. The summed E-state index contributed by atoms with van der Waals surface area (Å²) in [4.78, 5) is 68.4. The number of pyridine rings is 1. The van der Waals surface area contributed by atoms with Crippen LogP contribution in [0.4, 0.5) is 0 Å². The van der Waals surface area contributed by atoms with Gasteiger partial charge in [0.2, 0.25) is 17.6 Å². The average molecular weight is 558 g/mol. The van der Waals surface area contributed by atoms with E-state index in [4.69, 9.17) is 0 Å². The Hall–Kier alpha value is -4.86. The summed E-state index contributed by atoms with van der Waals surface area (Å²) in [7, 11) is 0. The van der Waals surface area contributed by atoms with Crippen LogP contribution >= 0.6 is 0 Å². The molecule has 4 N–H and O–H groups in total. The number of hydrogen-bond acceptors (Lipinski definition) is 6. The lowest BCUT2D eigenvalue weighted by atomic mass is 9.98. The van der Waals surface area contributed by atoms with Gasteiger partial charge >= 0.3 is 0 Å². The monoisotopic (exact) mass is 557 g/mol. The number of benzene rings is 2. The molecule has 0 fully saturated rings. The maximum Gasteiger partial charge on any atom is 0.289 e. The van der Waals surface area contributed by atoms with Crippen LogP contribution in [-0.2, 0) is 32.1 Å². The summed E-state index contributed by atoms with van der Waals surface area (Å²) in [6.45, 7) is 5.06. The van der Waals surface area contributed by atoms with Crippen molar-refractivity contribution in [2.24, 2.45) is 5.92 Å². The van der Waals surface area contributed by atoms with E-state index in [2.05, 4.69) is 26.3 Å². The number of Topliss-reactive ketones (excluding diaryl/α,β-unsaturated/α-hetero) is 1. The van der Waals surface area contributed by atoms with Crippen LogP contribution in [0.2, 0.25) is 0 Å². The van der Waals surface area contributed by atoms with Crippen molar-refractivity contribution in [3.8, 4) is 0 Å². The Bertz CT molecular complexity index is 1330. The average Bonchev–Trinajstić information content (AvgIpc) is 2.99. The van der Waals surface area contributed by atoms with Crippen molar-refractivity contribution in [3.05, 3.63) is 102 Å². The number of carbonyl (C=O) groups is 5. The molecule has 0 bridgehead atoms. The zero-order valence-electron chi connectivity index (χ0n) is 23.3. The molecule has 2 aromatic carbocycles. The summed E-state index contributed by atoms with van der Waals surface area (Å²) in [6.07, 6.45) is 3.14. The Kier molecular flexibility index (Phi) is 11.3. The second-order valence-corrected chi connectivity index (χ2v) is 9.94. The molecular formula is C31H35N5O5. The Labute approximate surface area is 239 Å². The molecule has 1 heterocycles. The molecule has 0 unspecified atom stereocenters. The molecule has 3 atom stereocenters. The van der Waals surface area contributed by atoms with Crippen molar-refractivity contribution in [2.75, 3.05) is 0 Å². The summed E-state index contributed by atoms with van der Waals surface area (Å²) in [5.41, 5.74) is 1.98. The summed E-state index contributed by atoms with van der Waals surface area (Å²) in [6, 6.07) is 18.2. The summed E-state index contributed by atoms with van der Waals surface area (Å²) in [5.74, 6) is -3.66. The highest BCUT2D eigenvalue weighted by molar-refractivity contribution is 6.38. The van der Waals surface area contributed by atoms with Crippen LogP contribution in [0.3, 0.4) is 0 Å². The second kappa shape index (κ2) is 15.1. The topological polar surface area (TPSA) is 146 Å². The number of rotatable bonds is 13. The van der Waals surface area contributed by atoms with Gasteiger partial charge in [-0.05, 0) is 36.1 Å². The van der Waals surface area contributed by atoms with Gasteiger partial charge in [0.1, 0.15) is 12.1 Å². The Morgan fingerprint density at radius 1 is 0.707 bits per heavy atom. The fourth-order valence-electron chi connectivity index (χ4n) is 4.00. The molecule has 0 spiro atoms. The van der Waals surface area contributed by atoms with E-state index >= 15 is 0 Å². The Morgan fingerprint density at radius 2 is 1.29 bits per heavy atom. The van der Waals surface area contributed by atoms with Crippen molar-refractivity contribution < 1.29 is 24.0 Å². The van der Waals surface area contributed by atoms with E-state index < -0.39 is 47.5 Å². The summed E-state index contributed by atoms with van der Waals surface area (Å²) in [5, 5.41) is 10.5. The first-order chi connectivity index (χ1) is 19.7. The number of ketones is 1. The van der Waals surface area contributed by atoms with Gasteiger partial charge in [0.25, 0.3) is 11.8 Å². The Balaban J connectivity index is 1.64. The first kappa shape index (κ1) is 30.7. The zero-order chi connectivity index (χ0) is 29.8. The zero-order valence-corrected chi connectivity index (χ0v) is 23.3. The van der Waals surface area contributed by atoms with Crippen molar-refractivity contribution in [1.29, 1.82) is 0 Å². The predicted molar refractivity (Wildman–Crippen MR) is 153 cm³/mol. The molecule has 3 aromatic rings. The number of carbonyl (C=O) groups excluding carboxylic acids is 5. The van der Waals surface area contributed by atoms with E-state index in [9.17, 15) is 24.0 Å². The van der Waals surface area contributed by atoms with Gasteiger partial charge in [-0.1, -0.05) is 74.5 Å². The number of amides is 4. The fourth-order valence-corrected chi connectivity index (χ4v) is 4.00. The van der Waals surface area contributed by atoms with Gasteiger partial charge in [-0.3, -0.25) is 29.0 Å². The van der Waals surface area contributed by atoms with E-state index in [0.29, 0.717) is 5.56 Å². The maximum atomic E-state index is 13.3. The molecule has 0 aliphatic rings. The first-order valence-electron chi connectivity index (χ1n) is 13.4. The summed E-state index contributed by atoms with van der Waals surface area (Å²) >= 11 is 0. The van der Waals surface area contributed by atoms with E-state index in [1.165, 1.54) is 31.5 Å². The normalized spacial score (nSPS) is 12.9. The molecule has 0 saturated carbocycles. The lowest BCUT2D eigenvalue weighted by Crippen LogP contribution is -2.57. The summed E-state index contributed by atoms with van der Waals surface area (Å²) < 4.78 is 0. The number of aromatic nitrogens is 1. The van der Waals surface area contributed by atoms with Crippen LogP contribution < -0.4 is 21.3 Å². The molecule has 10 heteroatoms. The van der Waals surface area contributed by atoms with Crippen molar-refractivity contribution >= 4 is 29.4 Å². The SMILES string of the molecule is CC(C)[C@H](NC(=O)[C@H](C)NC(=O)[C@@H](Cc1ccccc1)NC(=O)c1ccncc1)C(=O)C(=O)NCc1ccccc1. The third kappa shape index (κ3) is 9.38. The lowest BCUT2D eigenvalue weighted by molar-refractivity contribution is -0.141. The van der Waals surface area contributed by atoms with E-state index in [1.807, 2.05) is 60.7 Å². The number of nitrogens with zero attached hydrogens (tertiary/aromatic N) is 1. The third-order valence-corrected chi connectivity index (χ3v) is 6.37. The van der Waals surface area contributed by atoms with E-state index in [1.54, 1.807) is 13.8 Å². The van der Waals surface area contributed by atoms with E-state index in [0.717, 1.165) is 11.1 Å². The largest absolute Gasteiger partial charge is 0.345 e. The fraction of sp³-hybridized carbons (Fsp3) is 0.290. The molecule has 1 aromatic heterocycles. The standard InChI is InChI=1S/C31H35N5O5/c1-20(2)26(27(37)31(41)33-19-23-12-8-5-9-13-23)36-28(38)21(3)34-30(40)25(18-22-10-6-4-7-11-22)35-29(39)24-14-16-32-17-15-24/h4-17,20-21,25-26H,18-19H2,1-3H3,(H,33,41)(H,34,40)(H,35,39)(H,36,38)/t21-,25+,26-/m0/s1. The van der Waals surface area contributed by atoms with Crippen LogP contribution in [0.15, 0.2) is 85.2 Å². The quantitative estimate of drug-likeness (QED) is 0.236. The van der Waals surface area contributed by atoms with Crippen molar-refractivity contribution in [3.63, 3.8) is 0 Å².